The third-order valence-corrected chi connectivity index (χ3v) is 4.96. The quantitative estimate of drug-likeness (QED) is 0.682. The number of rotatable bonds is 9. The third kappa shape index (κ3) is 4.76. The standard InChI is InChI=1S/C22H24N2O6/c1-27-17-4-2-3-5-18(17)28-13-22(26)24(16-7-8-16)11-10-21(25)23-15-6-9-19-20(12-15)30-14-29-19/h2-6,9,12,16H,7-8,10-11,13-14H2,1H3,(H,23,25). The molecule has 2 aromatic carbocycles. The van der Waals surface area contributed by atoms with Crippen LogP contribution in [-0.2, 0) is 9.59 Å². The number of nitrogens with one attached hydrogen (secondary N) is 1. The van der Waals surface area contributed by atoms with Gasteiger partial charge in [-0.3, -0.25) is 9.59 Å². The monoisotopic (exact) mass is 412 g/mol. The van der Waals surface area contributed by atoms with Crippen LogP contribution in [0.5, 0.6) is 23.0 Å². The minimum Gasteiger partial charge on any atom is -0.493 e. The van der Waals surface area contributed by atoms with Crippen LogP contribution in [-0.4, -0.2) is 49.8 Å². The van der Waals surface area contributed by atoms with Gasteiger partial charge in [-0.25, -0.2) is 0 Å². The number of ether oxygens (including phenoxy) is 4. The van der Waals surface area contributed by atoms with E-state index in [2.05, 4.69) is 5.32 Å². The van der Waals surface area contributed by atoms with E-state index in [9.17, 15) is 9.59 Å². The van der Waals surface area contributed by atoms with Gasteiger partial charge in [-0.15, -0.1) is 0 Å². The lowest BCUT2D eigenvalue weighted by Gasteiger charge is -2.22. The van der Waals surface area contributed by atoms with Crippen molar-refractivity contribution in [2.24, 2.45) is 0 Å². The maximum absolute atomic E-state index is 12.7. The molecule has 4 rings (SSSR count). The second-order valence-electron chi connectivity index (χ2n) is 7.12. The van der Waals surface area contributed by atoms with Crippen molar-refractivity contribution in [2.45, 2.75) is 25.3 Å². The number of hydrogen-bond acceptors (Lipinski definition) is 6. The summed E-state index contributed by atoms with van der Waals surface area (Å²) in [4.78, 5) is 26.8. The molecule has 0 unspecified atom stereocenters. The molecule has 8 heteroatoms. The van der Waals surface area contributed by atoms with Gasteiger partial charge in [0.1, 0.15) is 0 Å². The Labute approximate surface area is 174 Å². The molecule has 0 bridgehead atoms. The summed E-state index contributed by atoms with van der Waals surface area (Å²) in [7, 11) is 1.55. The highest BCUT2D eigenvalue weighted by Gasteiger charge is 2.33. The van der Waals surface area contributed by atoms with Gasteiger partial charge in [-0.05, 0) is 37.1 Å². The van der Waals surface area contributed by atoms with E-state index in [1.165, 1.54) is 0 Å². The van der Waals surface area contributed by atoms with Crippen LogP contribution in [0.4, 0.5) is 5.69 Å². The Morgan fingerprint density at radius 3 is 2.63 bits per heavy atom. The Hall–Kier alpha value is -3.42. The molecule has 1 fully saturated rings. The topological polar surface area (TPSA) is 86.3 Å². The molecular weight excluding hydrogens is 388 g/mol. The molecule has 30 heavy (non-hydrogen) atoms. The molecule has 2 amide bonds. The SMILES string of the molecule is COc1ccccc1OCC(=O)N(CCC(=O)Nc1ccc2c(c1)OCO2)C1CC1. The van der Waals surface area contributed by atoms with E-state index >= 15 is 0 Å². The first-order chi connectivity index (χ1) is 14.6. The maximum Gasteiger partial charge on any atom is 0.260 e. The van der Waals surface area contributed by atoms with E-state index < -0.39 is 0 Å². The number of benzene rings is 2. The highest BCUT2D eigenvalue weighted by molar-refractivity contribution is 5.91. The van der Waals surface area contributed by atoms with Gasteiger partial charge in [0.25, 0.3) is 5.91 Å². The minimum absolute atomic E-state index is 0.0966. The molecule has 158 valence electrons. The fourth-order valence-corrected chi connectivity index (χ4v) is 3.28. The minimum atomic E-state index is -0.169. The van der Waals surface area contributed by atoms with Gasteiger partial charge < -0.3 is 29.2 Å². The number of carbonyl (C=O) groups excluding carboxylic acids is 2. The van der Waals surface area contributed by atoms with Gasteiger partial charge >= 0.3 is 0 Å². The van der Waals surface area contributed by atoms with Crippen molar-refractivity contribution in [3.8, 4) is 23.0 Å². The Morgan fingerprint density at radius 2 is 1.87 bits per heavy atom. The predicted molar refractivity (Wildman–Crippen MR) is 109 cm³/mol. The van der Waals surface area contributed by atoms with Crippen LogP contribution in [0.1, 0.15) is 19.3 Å². The lowest BCUT2D eigenvalue weighted by Crippen LogP contribution is -2.38. The zero-order chi connectivity index (χ0) is 20.9. The lowest BCUT2D eigenvalue weighted by molar-refractivity contribution is -0.134. The molecule has 1 N–H and O–H groups in total. The summed E-state index contributed by atoms with van der Waals surface area (Å²) in [5, 5.41) is 2.84. The van der Waals surface area contributed by atoms with Gasteiger partial charge in [0.05, 0.1) is 7.11 Å². The number of nitrogens with zero attached hydrogens (tertiary/aromatic N) is 1. The molecule has 0 saturated heterocycles. The van der Waals surface area contributed by atoms with Gasteiger partial charge in [0.15, 0.2) is 29.6 Å². The Morgan fingerprint density at radius 1 is 1.10 bits per heavy atom. The summed E-state index contributed by atoms with van der Waals surface area (Å²) in [6.45, 7) is 0.429. The van der Waals surface area contributed by atoms with Crippen LogP contribution in [0.2, 0.25) is 0 Å². The second-order valence-corrected chi connectivity index (χ2v) is 7.12. The molecule has 0 atom stereocenters. The molecule has 0 radical (unpaired) electrons. The normalized spacial score (nSPS) is 14.2. The molecule has 1 heterocycles. The summed E-state index contributed by atoms with van der Waals surface area (Å²) in [5.74, 6) is 2.05. The molecule has 2 aromatic rings. The lowest BCUT2D eigenvalue weighted by atomic mass is 10.2. The number of carbonyl (C=O) groups is 2. The van der Waals surface area contributed by atoms with Crippen LogP contribution in [0.15, 0.2) is 42.5 Å². The Balaban J connectivity index is 1.29. The largest absolute Gasteiger partial charge is 0.493 e. The average molecular weight is 412 g/mol. The Bertz CT molecular complexity index is 928. The molecule has 1 saturated carbocycles. The van der Waals surface area contributed by atoms with Crippen molar-refractivity contribution >= 4 is 17.5 Å². The number of amides is 2. The van der Waals surface area contributed by atoms with Crippen LogP contribution in [0.3, 0.4) is 0 Å². The molecule has 0 aromatic heterocycles. The first-order valence-corrected chi connectivity index (χ1v) is 9.89. The molecule has 8 nitrogen and oxygen atoms in total. The van der Waals surface area contributed by atoms with Crippen molar-refractivity contribution in [1.29, 1.82) is 0 Å². The zero-order valence-electron chi connectivity index (χ0n) is 16.8. The van der Waals surface area contributed by atoms with Crippen molar-refractivity contribution < 1.29 is 28.5 Å². The van der Waals surface area contributed by atoms with Crippen LogP contribution in [0.25, 0.3) is 0 Å². The number of anilines is 1. The highest BCUT2D eigenvalue weighted by atomic mass is 16.7. The summed E-state index contributed by atoms with van der Waals surface area (Å²) in [6, 6.07) is 12.6. The number of fused-ring (bicyclic) bond motifs is 1. The molecular formula is C22H24N2O6. The van der Waals surface area contributed by atoms with E-state index in [1.807, 2.05) is 12.1 Å². The molecule has 1 aliphatic heterocycles. The van der Waals surface area contributed by atoms with Gasteiger partial charge in [-0.2, -0.15) is 0 Å². The van der Waals surface area contributed by atoms with Gasteiger partial charge in [-0.1, -0.05) is 12.1 Å². The van der Waals surface area contributed by atoms with Gasteiger partial charge in [0.2, 0.25) is 12.7 Å². The average Bonchev–Trinajstić information content (AvgIpc) is 3.48. The van der Waals surface area contributed by atoms with Crippen molar-refractivity contribution in [3.63, 3.8) is 0 Å². The van der Waals surface area contributed by atoms with Crippen LogP contribution in [0, 0.1) is 0 Å². The molecule has 2 aliphatic rings. The maximum atomic E-state index is 12.7. The number of hydrogen-bond donors (Lipinski definition) is 1. The number of para-hydroxylation sites is 2. The fraction of sp³-hybridized carbons (Fsp3) is 0.364. The third-order valence-electron chi connectivity index (χ3n) is 4.96. The van der Waals surface area contributed by atoms with Crippen LogP contribution >= 0.6 is 0 Å². The van der Waals surface area contributed by atoms with E-state index in [-0.39, 0.29) is 37.7 Å². The predicted octanol–water partition coefficient (Wildman–Crippen LogP) is 2.82. The van der Waals surface area contributed by atoms with E-state index in [4.69, 9.17) is 18.9 Å². The summed E-state index contributed by atoms with van der Waals surface area (Å²) in [6.07, 6.45) is 2.10. The smallest absolute Gasteiger partial charge is 0.260 e. The fourth-order valence-electron chi connectivity index (χ4n) is 3.28. The summed E-state index contributed by atoms with van der Waals surface area (Å²) >= 11 is 0. The van der Waals surface area contributed by atoms with Crippen molar-refractivity contribution in [3.05, 3.63) is 42.5 Å². The van der Waals surface area contributed by atoms with Gasteiger partial charge in [0, 0.05) is 30.8 Å². The first kappa shape index (κ1) is 19.9. The van der Waals surface area contributed by atoms with Crippen LogP contribution < -0.4 is 24.3 Å². The first-order valence-electron chi connectivity index (χ1n) is 9.89. The van der Waals surface area contributed by atoms with E-state index in [0.717, 1.165) is 12.8 Å². The Kier molecular flexibility index (Phi) is 5.92. The zero-order valence-corrected chi connectivity index (χ0v) is 16.8. The number of methoxy groups -OCH3 is 1. The second kappa shape index (κ2) is 8.94. The van der Waals surface area contributed by atoms with E-state index in [1.54, 1.807) is 42.3 Å². The summed E-state index contributed by atoms with van der Waals surface area (Å²) in [5.41, 5.74) is 0.632. The van der Waals surface area contributed by atoms with E-state index in [0.29, 0.717) is 35.2 Å². The molecule has 1 aliphatic carbocycles. The van der Waals surface area contributed by atoms with Crippen molar-refractivity contribution in [1.82, 2.24) is 4.90 Å². The molecule has 0 spiro atoms. The highest BCUT2D eigenvalue weighted by Crippen LogP contribution is 2.34. The summed E-state index contributed by atoms with van der Waals surface area (Å²) < 4.78 is 21.5. The van der Waals surface area contributed by atoms with Crippen molar-refractivity contribution in [2.75, 3.05) is 32.4 Å².